The summed E-state index contributed by atoms with van der Waals surface area (Å²) in [7, 11) is 0.00490. The lowest BCUT2D eigenvalue weighted by Gasteiger charge is -2.22. The van der Waals surface area contributed by atoms with Gasteiger partial charge in [-0.1, -0.05) is 19.9 Å². The van der Waals surface area contributed by atoms with Crippen molar-refractivity contribution in [1.82, 2.24) is 4.31 Å². The number of hydrogen-bond donors (Lipinski definition) is 1. The molecule has 0 spiro atoms. The Hall–Kier alpha value is -2.10. The van der Waals surface area contributed by atoms with Crippen LogP contribution in [-0.4, -0.2) is 52.4 Å². The van der Waals surface area contributed by atoms with Gasteiger partial charge in [-0.2, -0.15) is 4.31 Å². The normalized spacial score (nSPS) is 11.4. The minimum Gasteiger partial charge on any atom is -0.483 e. The van der Waals surface area contributed by atoms with E-state index in [-0.39, 0.29) is 17.4 Å². The fourth-order valence-electron chi connectivity index (χ4n) is 2.93. The molecular weight excluding hydrogens is 470 g/mol. The molecule has 9 heteroatoms. The van der Waals surface area contributed by atoms with E-state index >= 15 is 0 Å². The van der Waals surface area contributed by atoms with Crippen LogP contribution >= 0.6 is 15.9 Å². The van der Waals surface area contributed by atoms with Crippen molar-refractivity contribution in [2.75, 3.05) is 44.0 Å². The third kappa shape index (κ3) is 5.74. The van der Waals surface area contributed by atoms with Gasteiger partial charge >= 0.3 is 0 Å². The first-order valence-electron chi connectivity index (χ1n) is 9.60. The van der Waals surface area contributed by atoms with Gasteiger partial charge < -0.3 is 15.0 Å². The van der Waals surface area contributed by atoms with Crippen LogP contribution < -0.4 is 15.0 Å². The molecule has 0 saturated heterocycles. The quantitative estimate of drug-likeness (QED) is 0.568. The predicted molar refractivity (Wildman–Crippen MR) is 124 cm³/mol. The van der Waals surface area contributed by atoms with Crippen molar-refractivity contribution in [1.29, 1.82) is 0 Å². The van der Waals surface area contributed by atoms with E-state index in [2.05, 4.69) is 21.2 Å². The highest BCUT2D eigenvalue weighted by molar-refractivity contribution is 9.10. The minimum absolute atomic E-state index is 0.134. The molecule has 7 nitrogen and oxygen atoms in total. The minimum atomic E-state index is -3.64. The number of rotatable bonds is 9. The molecule has 0 aliphatic rings. The summed E-state index contributed by atoms with van der Waals surface area (Å²) >= 11 is 3.42. The van der Waals surface area contributed by atoms with Crippen LogP contribution in [0.25, 0.3) is 0 Å². The van der Waals surface area contributed by atoms with Gasteiger partial charge in [0.25, 0.3) is 5.91 Å². The second kappa shape index (κ2) is 10.3. The Morgan fingerprint density at radius 3 is 2.33 bits per heavy atom. The average Bonchev–Trinajstić information content (AvgIpc) is 2.67. The number of ether oxygens (including phenoxy) is 1. The summed E-state index contributed by atoms with van der Waals surface area (Å²) in [4.78, 5) is 14.5. The van der Waals surface area contributed by atoms with E-state index in [4.69, 9.17) is 4.74 Å². The zero-order valence-electron chi connectivity index (χ0n) is 17.9. The summed E-state index contributed by atoms with van der Waals surface area (Å²) in [5.74, 6) is 0.171. The molecular formula is C21H28BrN3O4S. The number of sulfonamides is 1. The van der Waals surface area contributed by atoms with Crippen molar-refractivity contribution in [3.63, 3.8) is 0 Å². The maximum atomic E-state index is 12.9. The first-order chi connectivity index (χ1) is 14.1. The summed E-state index contributed by atoms with van der Waals surface area (Å²) in [6, 6.07) is 10.3. The highest BCUT2D eigenvalue weighted by Crippen LogP contribution is 2.29. The van der Waals surface area contributed by atoms with Gasteiger partial charge in [0.1, 0.15) is 5.75 Å². The number of halogens is 1. The van der Waals surface area contributed by atoms with E-state index in [9.17, 15) is 13.2 Å². The maximum Gasteiger partial charge on any atom is 0.262 e. The second-order valence-electron chi connectivity index (χ2n) is 6.93. The van der Waals surface area contributed by atoms with Gasteiger partial charge in [0, 0.05) is 27.2 Å². The van der Waals surface area contributed by atoms with E-state index in [0.29, 0.717) is 30.2 Å². The molecule has 2 aromatic rings. The van der Waals surface area contributed by atoms with Gasteiger partial charge in [-0.25, -0.2) is 8.42 Å². The molecule has 0 fully saturated rings. The largest absolute Gasteiger partial charge is 0.483 e. The fraction of sp³-hybridized carbons (Fsp3) is 0.381. The molecule has 1 N–H and O–H groups in total. The van der Waals surface area contributed by atoms with Crippen molar-refractivity contribution in [3.05, 3.63) is 46.4 Å². The van der Waals surface area contributed by atoms with Crippen LogP contribution in [0.1, 0.15) is 19.4 Å². The van der Waals surface area contributed by atoms with E-state index < -0.39 is 10.0 Å². The topological polar surface area (TPSA) is 79.0 Å². The zero-order chi connectivity index (χ0) is 22.5. The Morgan fingerprint density at radius 2 is 1.77 bits per heavy atom. The van der Waals surface area contributed by atoms with Crippen LogP contribution in [0.4, 0.5) is 11.4 Å². The van der Waals surface area contributed by atoms with Gasteiger partial charge in [0.15, 0.2) is 6.61 Å². The molecule has 0 radical (unpaired) electrons. The number of nitrogens with one attached hydrogen (secondary N) is 1. The summed E-state index contributed by atoms with van der Waals surface area (Å²) in [5, 5.41) is 2.78. The first kappa shape index (κ1) is 24.2. The van der Waals surface area contributed by atoms with Crippen molar-refractivity contribution >= 4 is 43.2 Å². The number of carbonyl (C=O) groups excluding carboxylic acids is 1. The lowest BCUT2D eigenvalue weighted by Crippen LogP contribution is -2.31. The van der Waals surface area contributed by atoms with Gasteiger partial charge in [-0.3, -0.25) is 4.79 Å². The van der Waals surface area contributed by atoms with Crippen LogP contribution in [0.3, 0.4) is 0 Å². The van der Waals surface area contributed by atoms with Gasteiger partial charge in [-0.05, 0) is 58.7 Å². The highest BCUT2D eigenvalue weighted by atomic mass is 79.9. The Balaban J connectivity index is 2.25. The van der Waals surface area contributed by atoms with Crippen LogP contribution in [0, 0.1) is 6.92 Å². The molecule has 0 aliphatic carbocycles. The van der Waals surface area contributed by atoms with Crippen molar-refractivity contribution in [3.8, 4) is 5.75 Å². The molecule has 0 unspecified atom stereocenters. The maximum absolute atomic E-state index is 12.9. The summed E-state index contributed by atoms with van der Waals surface area (Å²) in [6.07, 6.45) is 0. The number of carbonyl (C=O) groups is 1. The van der Waals surface area contributed by atoms with Crippen molar-refractivity contribution in [2.24, 2.45) is 0 Å². The van der Waals surface area contributed by atoms with E-state index in [0.717, 1.165) is 10.0 Å². The Morgan fingerprint density at radius 1 is 1.10 bits per heavy atom. The highest BCUT2D eigenvalue weighted by Gasteiger charge is 2.23. The monoisotopic (exact) mass is 497 g/mol. The molecule has 0 bridgehead atoms. The van der Waals surface area contributed by atoms with Gasteiger partial charge in [-0.15, -0.1) is 0 Å². The first-order valence-corrected chi connectivity index (χ1v) is 11.8. The number of amides is 1. The number of benzene rings is 2. The molecule has 0 heterocycles. The van der Waals surface area contributed by atoms with Crippen LogP contribution in [0.15, 0.2) is 45.8 Å². The molecule has 0 aliphatic heterocycles. The van der Waals surface area contributed by atoms with Crippen molar-refractivity contribution < 1.29 is 17.9 Å². The molecule has 1 amide bonds. The lowest BCUT2D eigenvalue weighted by molar-refractivity contribution is -0.118. The summed E-state index contributed by atoms with van der Waals surface area (Å²) < 4.78 is 33.5. The number of anilines is 2. The van der Waals surface area contributed by atoms with Crippen LogP contribution in [0.5, 0.6) is 5.75 Å². The van der Waals surface area contributed by atoms with Crippen molar-refractivity contribution in [2.45, 2.75) is 25.7 Å². The molecule has 30 heavy (non-hydrogen) atoms. The average molecular weight is 498 g/mol. The molecule has 2 rings (SSSR count). The van der Waals surface area contributed by atoms with Gasteiger partial charge in [0.05, 0.1) is 20.7 Å². The molecule has 0 atom stereocenters. The second-order valence-corrected chi connectivity index (χ2v) is 9.73. The fourth-order valence-corrected chi connectivity index (χ4v) is 5.02. The van der Waals surface area contributed by atoms with Crippen LogP contribution in [0.2, 0.25) is 0 Å². The van der Waals surface area contributed by atoms with Crippen LogP contribution in [-0.2, 0) is 14.8 Å². The smallest absolute Gasteiger partial charge is 0.262 e. The Bertz CT molecular complexity index is 1010. The van der Waals surface area contributed by atoms with E-state index in [1.165, 1.54) is 10.4 Å². The molecule has 164 valence electrons. The zero-order valence-corrected chi connectivity index (χ0v) is 20.3. The number of hydrogen-bond acceptors (Lipinski definition) is 5. The summed E-state index contributed by atoms with van der Waals surface area (Å²) in [6.45, 7) is 6.08. The third-order valence-corrected chi connectivity index (χ3v) is 7.18. The molecule has 0 aromatic heterocycles. The number of nitrogens with zero attached hydrogens (tertiary/aromatic N) is 2. The van der Waals surface area contributed by atoms with E-state index in [1.54, 1.807) is 36.9 Å². The lowest BCUT2D eigenvalue weighted by atomic mass is 10.2. The molecule has 2 aromatic carbocycles. The summed E-state index contributed by atoms with van der Waals surface area (Å²) in [5.41, 5.74) is 2.17. The standard InChI is InChI=1S/C21H28BrN3O4S/c1-6-25(7-2)30(27,28)16-9-10-19(24(4)5)18(13-16)23-21(26)14-29-20-11-8-15(3)12-17(20)22/h8-13H,6-7,14H2,1-5H3,(H,23,26). The molecule has 0 saturated carbocycles. The van der Waals surface area contributed by atoms with E-state index in [1.807, 2.05) is 33.2 Å². The third-order valence-electron chi connectivity index (χ3n) is 4.51. The van der Waals surface area contributed by atoms with Gasteiger partial charge in [0.2, 0.25) is 10.0 Å². The predicted octanol–water partition coefficient (Wildman–Crippen LogP) is 3.87. The SMILES string of the molecule is CCN(CC)S(=O)(=O)c1ccc(N(C)C)c(NC(=O)COc2ccc(C)cc2Br)c1. The Kier molecular flexibility index (Phi) is 8.28. The Labute approximate surface area is 187 Å². The number of aryl methyl sites for hydroxylation is 1.